The summed E-state index contributed by atoms with van der Waals surface area (Å²) >= 11 is 0. The van der Waals surface area contributed by atoms with Crippen LogP contribution in [0.25, 0.3) is 0 Å². The third-order valence-electron chi connectivity index (χ3n) is 2.31. The van der Waals surface area contributed by atoms with Gasteiger partial charge in [-0.15, -0.1) is 0 Å². The van der Waals surface area contributed by atoms with E-state index in [-0.39, 0.29) is 11.7 Å². The number of H-pyrrole nitrogens is 1. The Balaban J connectivity index is 2.37. The second-order valence-electron chi connectivity index (χ2n) is 3.08. The smallest absolute Gasteiger partial charge is 0.254 e. The van der Waals surface area contributed by atoms with E-state index in [1.807, 2.05) is 6.92 Å². The van der Waals surface area contributed by atoms with Gasteiger partial charge in [0, 0.05) is 12.2 Å². The number of nitrogens with one attached hydrogen (secondary N) is 1. The molecule has 0 fully saturated rings. The normalized spacial score (nSPS) is 20.2. The highest BCUT2D eigenvalue weighted by atomic mass is 16.5. The lowest BCUT2D eigenvalue weighted by Gasteiger charge is -2.08. The molecule has 1 aromatic rings. The maximum Gasteiger partial charge on any atom is 0.254 e. The average Bonchev–Trinajstić information content (AvgIpc) is 2.51. The van der Waals surface area contributed by atoms with Crippen LogP contribution in [0.4, 0.5) is 0 Å². The quantitative estimate of drug-likeness (QED) is 0.732. The van der Waals surface area contributed by atoms with E-state index in [0.29, 0.717) is 6.61 Å². The number of aromatic amines is 1. The summed E-state index contributed by atoms with van der Waals surface area (Å²) in [4.78, 5) is 18.0. The first kappa shape index (κ1) is 8.44. The zero-order valence-corrected chi connectivity index (χ0v) is 7.54. The molecular weight excluding hydrogens is 168 g/mol. The number of rotatable bonds is 2. The number of fused-ring (bicyclic) bond motifs is 1. The standard InChI is InChI=1S/C9H12N2O2/c1-2-13-7-4-3-6-8(7)10-5-11-9(6)12/h5,7H,2-4H2,1H3,(H,10,11,12). The van der Waals surface area contributed by atoms with Crippen molar-refractivity contribution in [1.29, 1.82) is 0 Å². The molecule has 4 nitrogen and oxygen atoms in total. The molecule has 1 N–H and O–H groups in total. The van der Waals surface area contributed by atoms with Crippen LogP contribution >= 0.6 is 0 Å². The lowest BCUT2D eigenvalue weighted by molar-refractivity contribution is 0.0612. The number of nitrogens with zero attached hydrogens (tertiary/aromatic N) is 1. The van der Waals surface area contributed by atoms with Crippen molar-refractivity contribution >= 4 is 0 Å². The van der Waals surface area contributed by atoms with Crippen LogP contribution in [0.1, 0.15) is 30.7 Å². The molecule has 0 radical (unpaired) electrons. The first-order valence-electron chi connectivity index (χ1n) is 4.51. The van der Waals surface area contributed by atoms with Gasteiger partial charge < -0.3 is 9.72 Å². The third kappa shape index (κ3) is 1.37. The zero-order valence-electron chi connectivity index (χ0n) is 7.54. The number of ether oxygens (including phenoxy) is 1. The van der Waals surface area contributed by atoms with Crippen molar-refractivity contribution in [2.45, 2.75) is 25.9 Å². The highest BCUT2D eigenvalue weighted by molar-refractivity contribution is 5.24. The summed E-state index contributed by atoms with van der Waals surface area (Å²) in [5.41, 5.74) is 1.60. The number of aromatic nitrogens is 2. The molecule has 13 heavy (non-hydrogen) atoms. The van der Waals surface area contributed by atoms with Gasteiger partial charge in [0.1, 0.15) is 6.10 Å². The van der Waals surface area contributed by atoms with Gasteiger partial charge in [-0.1, -0.05) is 0 Å². The molecule has 1 aromatic heterocycles. The molecule has 0 bridgehead atoms. The lowest BCUT2D eigenvalue weighted by Crippen LogP contribution is -2.13. The molecule has 0 saturated carbocycles. The Hall–Kier alpha value is -1.16. The summed E-state index contributed by atoms with van der Waals surface area (Å²) < 4.78 is 5.47. The number of hydrogen-bond donors (Lipinski definition) is 1. The molecule has 1 aliphatic rings. The zero-order chi connectivity index (χ0) is 9.26. The Labute approximate surface area is 76.0 Å². The molecule has 1 heterocycles. The third-order valence-corrected chi connectivity index (χ3v) is 2.31. The molecule has 0 saturated heterocycles. The van der Waals surface area contributed by atoms with Gasteiger partial charge in [-0.05, 0) is 19.8 Å². The summed E-state index contributed by atoms with van der Waals surface area (Å²) in [6.45, 7) is 2.61. The van der Waals surface area contributed by atoms with Gasteiger partial charge >= 0.3 is 0 Å². The predicted molar refractivity (Wildman–Crippen MR) is 47.5 cm³/mol. The summed E-state index contributed by atoms with van der Waals surface area (Å²) in [5, 5.41) is 0. The molecule has 70 valence electrons. The van der Waals surface area contributed by atoms with Crippen molar-refractivity contribution in [3.8, 4) is 0 Å². The maximum atomic E-state index is 11.3. The van der Waals surface area contributed by atoms with Crippen molar-refractivity contribution in [3.05, 3.63) is 27.9 Å². The highest BCUT2D eigenvalue weighted by Gasteiger charge is 2.26. The topological polar surface area (TPSA) is 55.0 Å². The summed E-state index contributed by atoms with van der Waals surface area (Å²) in [6, 6.07) is 0. The van der Waals surface area contributed by atoms with Crippen LogP contribution in [-0.2, 0) is 11.2 Å². The SMILES string of the molecule is CCOC1CCc2c1nc[nH]c2=O. The van der Waals surface area contributed by atoms with Crippen LogP contribution in [0.2, 0.25) is 0 Å². The van der Waals surface area contributed by atoms with Crippen molar-refractivity contribution in [2.24, 2.45) is 0 Å². The fraction of sp³-hybridized carbons (Fsp3) is 0.556. The van der Waals surface area contributed by atoms with Crippen molar-refractivity contribution in [1.82, 2.24) is 9.97 Å². The van der Waals surface area contributed by atoms with Gasteiger partial charge in [0.05, 0.1) is 12.0 Å². The Morgan fingerprint density at radius 3 is 3.38 bits per heavy atom. The fourth-order valence-corrected chi connectivity index (χ4v) is 1.74. The van der Waals surface area contributed by atoms with E-state index in [1.165, 1.54) is 6.33 Å². The Bertz CT molecular complexity index is 359. The summed E-state index contributed by atoms with van der Waals surface area (Å²) in [5.74, 6) is 0. The Kier molecular flexibility index (Phi) is 2.14. The predicted octanol–water partition coefficient (Wildman–Crippen LogP) is 0.794. The monoisotopic (exact) mass is 180 g/mol. The van der Waals surface area contributed by atoms with Gasteiger partial charge in [-0.2, -0.15) is 0 Å². The van der Waals surface area contributed by atoms with E-state index in [9.17, 15) is 4.79 Å². The average molecular weight is 180 g/mol. The number of hydrogen-bond acceptors (Lipinski definition) is 3. The van der Waals surface area contributed by atoms with Crippen molar-refractivity contribution in [3.63, 3.8) is 0 Å². The van der Waals surface area contributed by atoms with Crippen molar-refractivity contribution in [2.75, 3.05) is 6.61 Å². The van der Waals surface area contributed by atoms with E-state index < -0.39 is 0 Å². The summed E-state index contributed by atoms with van der Waals surface area (Å²) in [6.07, 6.45) is 3.13. The van der Waals surface area contributed by atoms with Gasteiger partial charge in [-0.25, -0.2) is 4.98 Å². The molecule has 2 rings (SSSR count). The second kappa shape index (κ2) is 3.30. The molecule has 1 aliphatic carbocycles. The molecule has 0 spiro atoms. The van der Waals surface area contributed by atoms with E-state index in [2.05, 4.69) is 9.97 Å². The minimum absolute atomic E-state index is 0.0211. The minimum Gasteiger partial charge on any atom is -0.372 e. The Morgan fingerprint density at radius 2 is 2.62 bits per heavy atom. The van der Waals surface area contributed by atoms with E-state index in [0.717, 1.165) is 24.1 Å². The van der Waals surface area contributed by atoms with Crippen LogP contribution in [0.3, 0.4) is 0 Å². The van der Waals surface area contributed by atoms with E-state index in [1.54, 1.807) is 0 Å². The first-order valence-corrected chi connectivity index (χ1v) is 4.51. The highest BCUT2D eigenvalue weighted by Crippen LogP contribution is 2.29. The molecule has 0 aromatic carbocycles. The van der Waals surface area contributed by atoms with Gasteiger partial charge in [0.2, 0.25) is 0 Å². The Morgan fingerprint density at radius 1 is 1.77 bits per heavy atom. The van der Waals surface area contributed by atoms with Gasteiger partial charge in [0.25, 0.3) is 5.56 Å². The molecule has 1 atom stereocenters. The van der Waals surface area contributed by atoms with Crippen LogP contribution in [-0.4, -0.2) is 16.6 Å². The molecular formula is C9H12N2O2. The molecule has 0 amide bonds. The maximum absolute atomic E-state index is 11.3. The van der Waals surface area contributed by atoms with Crippen LogP contribution in [0.5, 0.6) is 0 Å². The fourth-order valence-electron chi connectivity index (χ4n) is 1.74. The largest absolute Gasteiger partial charge is 0.372 e. The second-order valence-corrected chi connectivity index (χ2v) is 3.08. The molecule has 1 unspecified atom stereocenters. The first-order chi connectivity index (χ1) is 6.33. The summed E-state index contributed by atoms with van der Waals surface area (Å²) in [7, 11) is 0. The van der Waals surface area contributed by atoms with Gasteiger partial charge in [-0.3, -0.25) is 4.79 Å². The van der Waals surface area contributed by atoms with E-state index in [4.69, 9.17) is 4.74 Å². The van der Waals surface area contributed by atoms with Crippen molar-refractivity contribution < 1.29 is 4.74 Å². The molecule has 4 heteroatoms. The van der Waals surface area contributed by atoms with Crippen LogP contribution in [0, 0.1) is 0 Å². The minimum atomic E-state index is -0.0211. The van der Waals surface area contributed by atoms with Crippen LogP contribution in [0.15, 0.2) is 11.1 Å². The molecule has 0 aliphatic heterocycles. The van der Waals surface area contributed by atoms with Gasteiger partial charge in [0.15, 0.2) is 0 Å². The van der Waals surface area contributed by atoms with Crippen LogP contribution < -0.4 is 5.56 Å². The lowest BCUT2D eigenvalue weighted by atomic mass is 10.2. The van der Waals surface area contributed by atoms with E-state index >= 15 is 0 Å².